The van der Waals surface area contributed by atoms with Crippen molar-refractivity contribution < 1.29 is 9.47 Å². The summed E-state index contributed by atoms with van der Waals surface area (Å²) in [7, 11) is 1.63. The lowest BCUT2D eigenvalue weighted by molar-refractivity contribution is 0.282. The van der Waals surface area contributed by atoms with Crippen molar-refractivity contribution in [3.63, 3.8) is 0 Å². The molecule has 0 aliphatic rings. The number of methoxy groups -OCH3 is 1. The van der Waals surface area contributed by atoms with E-state index >= 15 is 0 Å². The Morgan fingerprint density at radius 1 is 1.23 bits per heavy atom. The Labute approximate surface area is 165 Å². The molecule has 0 saturated carbocycles. The molecule has 136 valence electrons. The summed E-state index contributed by atoms with van der Waals surface area (Å²) < 4.78 is 14.6. The van der Waals surface area contributed by atoms with Crippen LogP contribution in [-0.2, 0) is 13.2 Å². The summed E-state index contributed by atoms with van der Waals surface area (Å²) in [6.07, 6.45) is 0. The van der Waals surface area contributed by atoms with Crippen molar-refractivity contribution in [1.29, 1.82) is 0 Å². The van der Waals surface area contributed by atoms with Crippen molar-refractivity contribution in [3.05, 3.63) is 68.7 Å². The highest BCUT2D eigenvalue weighted by Crippen LogP contribution is 2.37. The molecule has 0 spiro atoms. The molecule has 0 amide bonds. The number of aryl methyl sites for hydroxylation is 1. The average molecular weight is 435 g/mol. The highest BCUT2D eigenvalue weighted by Gasteiger charge is 2.12. The van der Waals surface area contributed by atoms with Crippen LogP contribution in [0.25, 0.3) is 0 Å². The number of aromatic nitrogens is 3. The lowest BCUT2D eigenvalue weighted by atomic mass is 10.2. The Bertz CT molecular complexity index is 940. The first kappa shape index (κ1) is 18.5. The van der Waals surface area contributed by atoms with Gasteiger partial charge in [-0.3, -0.25) is 5.10 Å². The molecule has 26 heavy (non-hydrogen) atoms. The smallest absolute Gasteiger partial charge is 0.214 e. The maximum atomic E-state index is 5.96. The highest BCUT2D eigenvalue weighted by molar-refractivity contribution is 9.10. The quantitative estimate of drug-likeness (QED) is 0.541. The van der Waals surface area contributed by atoms with Gasteiger partial charge in [0.1, 0.15) is 12.4 Å². The van der Waals surface area contributed by atoms with Gasteiger partial charge < -0.3 is 14.9 Å². The third-order valence-electron chi connectivity index (χ3n) is 3.80. The molecule has 2 N–H and O–H groups in total. The van der Waals surface area contributed by atoms with E-state index < -0.39 is 0 Å². The molecule has 0 atom stereocenters. The third kappa shape index (κ3) is 4.25. The van der Waals surface area contributed by atoms with Crippen LogP contribution in [0.4, 0.5) is 0 Å². The molecule has 8 heteroatoms. The summed E-state index contributed by atoms with van der Waals surface area (Å²) in [6.45, 7) is 2.90. The summed E-state index contributed by atoms with van der Waals surface area (Å²) in [6, 6.07) is 13.9. The van der Waals surface area contributed by atoms with Crippen LogP contribution in [0.2, 0.25) is 0 Å². The Hall–Kier alpha value is -2.32. The van der Waals surface area contributed by atoms with Crippen LogP contribution in [0.3, 0.4) is 0 Å². The summed E-state index contributed by atoms with van der Waals surface area (Å²) in [4.78, 5) is 0. The average Bonchev–Trinajstić information content (AvgIpc) is 2.97. The minimum atomic E-state index is 0.469. The zero-order valence-corrected chi connectivity index (χ0v) is 16.9. The Morgan fingerprint density at radius 2 is 2.00 bits per heavy atom. The van der Waals surface area contributed by atoms with E-state index in [0.717, 1.165) is 21.4 Å². The predicted molar refractivity (Wildman–Crippen MR) is 107 cm³/mol. The zero-order chi connectivity index (χ0) is 18.5. The van der Waals surface area contributed by atoms with Gasteiger partial charge in [0.2, 0.25) is 4.77 Å². The highest BCUT2D eigenvalue weighted by atomic mass is 79.9. The molecule has 2 aromatic carbocycles. The van der Waals surface area contributed by atoms with Gasteiger partial charge in [0.25, 0.3) is 0 Å². The fraction of sp³-hybridized carbons (Fsp3) is 0.222. The molecular formula is C18H19BrN4O2S. The molecule has 0 radical (unpaired) electrons. The maximum Gasteiger partial charge on any atom is 0.214 e. The lowest BCUT2D eigenvalue weighted by Gasteiger charge is -2.15. The minimum Gasteiger partial charge on any atom is -0.493 e. The van der Waals surface area contributed by atoms with E-state index in [4.69, 9.17) is 21.7 Å². The van der Waals surface area contributed by atoms with Gasteiger partial charge in [-0.1, -0.05) is 30.3 Å². The van der Waals surface area contributed by atoms with E-state index in [-0.39, 0.29) is 0 Å². The van der Waals surface area contributed by atoms with E-state index in [1.807, 2.05) is 49.4 Å². The van der Waals surface area contributed by atoms with Gasteiger partial charge in [-0.2, -0.15) is 5.10 Å². The maximum absolute atomic E-state index is 5.96. The van der Waals surface area contributed by atoms with Gasteiger partial charge in [0, 0.05) is 0 Å². The fourth-order valence-corrected chi connectivity index (χ4v) is 3.32. The van der Waals surface area contributed by atoms with Crippen molar-refractivity contribution in [2.75, 3.05) is 12.5 Å². The lowest BCUT2D eigenvalue weighted by Crippen LogP contribution is -2.16. The first-order valence-electron chi connectivity index (χ1n) is 7.99. The predicted octanol–water partition coefficient (Wildman–Crippen LogP) is 4.34. The normalized spacial score (nSPS) is 10.6. The number of nitrogens with one attached hydrogen (secondary N) is 2. The molecule has 0 unspecified atom stereocenters. The summed E-state index contributed by atoms with van der Waals surface area (Å²) >= 11 is 8.77. The fourth-order valence-electron chi connectivity index (χ4n) is 2.48. The van der Waals surface area contributed by atoms with Crippen molar-refractivity contribution in [2.45, 2.75) is 20.1 Å². The first-order valence-corrected chi connectivity index (χ1v) is 9.19. The number of hydrogen-bond donors (Lipinski definition) is 2. The van der Waals surface area contributed by atoms with E-state index in [2.05, 4.69) is 31.6 Å². The van der Waals surface area contributed by atoms with Crippen molar-refractivity contribution >= 4 is 28.1 Å². The summed E-state index contributed by atoms with van der Waals surface area (Å²) in [5.74, 6) is 2.11. The molecule has 0 fully saturated rings. The molecule has 0 saturated heterocycles. The molecule has 1 heterocycles. The number of hydrogen-bond acceptors (Lipinski definition) is 5. The molecule has 0 aliphatic heterocycles. The van der Waals surface area contributed by atoms with Gasteiger partial charge in [-0.05, 0) is 58.3 Å². The number of aromatic amines is 1. The van der Waals surface area contributed by atoms with E-state index in [1.165, 1.54) is 0 Å². The van der Waals surface area contributed by atoms with Crippen LogP contribution in [0, 0.1) is 11.7 Å². The van der Waals surface area contributed by atoms with E-state index in [9.17, 15) is 0 Å². The molecule has 3 aromatic rings. The van der Waals surface area contributed by atoms with Crippen molar-refractivity contribution in [1.82, 2.24) is 14.9 Å². The molecular weight excluding hydrogens is 416 g/mol. The zero-order valence-electron chi connectivity index (χ0n) is 14.5. The summed E-state index contributed by atoms with van der Waals surface area (Å²) in [5.41, 5.74) is 5.35. The first-order chi connectivity index (χ1) is 12.6. The molecule has 6 nitrogen and oxygen atoms in total. The number of nitrogens with zero attached hydrogens (tertiary/aromatic N) is 2. The van der Waals surface area contributed by atoms with Crippen LogP contribution < -0.4 is 14.9 Å². The van der Waals surface area contributed by atoms with Gasteiger partial charge in [0.05, 0.1) is 18.1 Å². The monoisotopic (exact) mass is 434 g/mol. The van der Waals surface area contributed by atoms with Crippen molar-refractivity contribution in [2.24, 2.45) is 0 Å². The number of H-pyrrole nitrogens is 1. The van der Waals surface area contributed by atoms with Gasteiger partial charge in [-0.15, -0.1) is 0 Å². The Morgan fingerprint density at radius 3 is 2.65 bits per heavy atom. The number of benzene rings is 2. The number of ether oxygens (including phenoxy) is 2. The van der Waals surface area contributed by atoms with Crippen molar-refractivity contribution in [3.8, 4) is 11.5 Å². The van der Waals surface area contributed by atoms with E-state index in [0.29, 0.717) is 29.4 Å². The summed E-state index contributed by atoms with van der Waals surface area (Å²) in [5, 5.41) is 6.82. The standard InChI is InChI=1S/C18H19BrN4O2S/c1-12-21-22-18(26)23(12)20-10-14-8-15(19)17(16(9-14)24-2)25-11-13-6-4-3-5-7-13/h3-9,20H,10-11H2,1-2H3,(H,22,26). The second-order valence-electron chi connectivity index (χ2n) is 5.63. The van der Waals surface area contributed by atoms with E-state index in [1.54, 1.807) is 11.8 Å². The number of rotatable bonds is 7. The second kappa shape index (κ2) is 8.37. The minimum absolute atomic E-state index is 0.469. The third-order valence-corrected chi connectivity index (χ3v) is 4.66. The van der Waals surface area contributed by atoms with Gasteiger partial charge in [-0.25, -0.2) is 4.68 Å². The van der Waals surface area contributed by atoms with Crippen LogP contribution in [-0.4, -0.2) is 22.0 Å². The SMILES string of the molecule is COc1cc(CNn2c(C)n[nH]c2=S)cc(Br)c1OCc1ccccc1. The molecule has 3 rings (SSSR count). The Kier molecular flexibility index (Phi) is 5.95. The van der Waals surface area contributed by atoms with Gasteiger partial charge in [0.15, 0.2) is 11.5 Å². The number of halogens is 1. The van der Waals surface area contributed by atoms with Crippen LogP contribution in [0.1, 0.15) is 17.0 Å². The van der Waals surface area contributed by atoms with Crippen LogP contribution in [0.15, 0.2) is 46.9 Å². The largest absolute Gasteiger partial charge is 0.493 e. The Balaban J connectivity index is 1.75. The van der Waals surface area contributed by atoms with Crippen LogP contribution in [0.5, 0.6) is 11.5 Å². The van der Waals surface area contributed by atoms with Gasteiger partial charge >= 0.3 is 0 Å². The molecule has 0 aliphatic carbocycles. The van der Waals surface area contributed by atoms with Crippen LogP contribution >= 0.6 is 28.1 Å². The second-order valence-corrected chi connectivity index (χ2v) is 6.87. The topological polar surface area (TPSA) is 64.1 Å². The molecule has 1 aromatic heterocycles. The molecule has 0 bridgehead atoms.